The highest BCUT2D eigenvalue weighted by Crippen LogP contribution is 2.37. The van der Waals surface area contributed by atoms with Gasteiger partial charge < -0.3 is 9.31 Å². The largest absolute Gasteiger partial charge is 0.498 e. The summed E-state index contributed by atoms with van der Waals surface area (Å²) in [5, 5.41) is 4.42. The van der Waals surface area contributed by atoms with Gasteiger partial charge >= 0.3 is 13.3 Å². The van der Waals surface area contributed by atoms with Gasteiger partial charge in [0.15, 0.2) is 0 Å². The van der Waals surface area contributed by atoms with Crippen LogP contribution in [0.4, 0.5) is 17.6 Å². The van der Waals surface area contributed by atoms with Crippen molar-refractivity contribution in [2.45, 2.75) is 65.5 Å². The summed E-state index contributed by atoms with van der Waals surface area (Å²) in [6.07, 6.45) is -4.61. The molecule has 0 bridgehead atoms. The van der Waals surface area contributed by atoms with Crippen LogP contribution in [0.1, 0.15) is 50.2 Å². The highest BCUT2D eigenvalue weighted by molar-refractivity contribution is 6.63. The van der Waals surface area contributed by atoms with Crippen LogP contribution in [0.3, 0.4) is 0 Å². The van der Waals surface area contributed by atoms with Crippen LogP contribution in [0.15, 0.2) is 18.2 Å². The number of halogens is 4. The molecule has 0 unspecified atom stereocenters. The first kappa shape index (κ1) is 20.9. The zero-order valence-corrected chi connectivity index (χ0v) is 16.7. The van der Waals surface area contributed by atoms with Gasteiger partial charge in [0.1, 0.15) is 5.82 Å². The Morgan fingerprint density at radius 2 is 1.61 bits per heavy atom. The van der Waals surface area contributed by atoms with Gasteiger partial charge in [0, 0.05) is 11.2 Å². The molecule has 28 heavy (non-hydrogen) atoms. The molecule has 0 amide bonds. The van der Waals surface area contributed by atoms with E-state index in [1.165, 1.54) is 0 Å². The molecule has 152 valence electrons. The molecule has 0 saturated carbocycles. The molecule has 1 fully saturated rings. The number of benzene rings is 1. The van der Waals surface area contributed by atoms with Crippen molar-refractivity contribution < 1.29 is 26.9 Å². The quantitative estimate of drug-likeness (QED) is 0.579. The van der Waals surface area contributed by atoms with Crippen molar-refractivity contribution in [3.63, 3.8) is 0 Å². The molecule has 2 aromatic rings. The molecule has 0 N–H and O–H groups in total. The zero-order chi connectivity index (χ0) is 21.1. The van der Waals surface area contributed by atoms with Crippen LogP contribution < -0.4 is 5.46 Å². The predicted molar refractivity (Wildman–Crippen MR) is 97.9 cm³/mol. The minimum Gasteiger partial charge on any atom is -0.399 e. The van der Waals surface area contributed by atoms with Gasteiger partial charge in [-0.2, -0.15) is 18.3 Å². The van der Waals surface area contributed by atoms with E-state index in [0.29, 0.717) is 17.5 Å². The van der Waals surface area contributed by atoms with Crippen molar-refractivity contribution in [3.05, 3.63) is 46.5 Å². The van der Waals surface area contributed by atoms with Gasteiger partial charge in [-0.1, -0.05) is 0 Å². The standard InChI is InChI=1S/C19H23BF4N2O2/c1-11-16(20-27-17(3,4)18(5,6)28-20)12(2)26(25-11)10-13-7-14(19(22,23)24)9-15(21)8-13/h7-9H,10H2,1-6H3. The lowest BCUT2D eigenvalue weighted by Gasteiger charge is -2.32. The number of hydrogen-bond donors (Lipinski definition) is 0. The maximum Gasteiger partial charge on any atom is 0.498 e. The van der Waals surface area contributed by atoms with Crippen LogP contribution >= 0.6 is 0 Å². The van der Waals surface area contributed by atoms with Crippen molar-refractivity contribution in [1.29, 1.82) is 0 Å². The average Bonchev–Trinajstić information content (AvgIpc) is 2.89. The molecular formula is C19H23BF4N2O2. The summed E-state index contributed by atoms with van der Waals surface area (Å²) in [5.41, 5.74) is 0.211. The smallest absolute Gasteiger partial charge is 0.399 e. The van der Waals surface area contributed by atoms with E-state index in [1.54, 1.807) is 18.5 Å². The second-order valence-electron chi connectivity index (χ2n) is 8.18. The Morgan fingerprint density at radius 3 is 2.14 bits per heavy atom. The summed E-state index contributed by atoms with van der Waals surface area (Å²) in [6, 6.07) is 2.51. The van der Waals surface area contributed by atoms with Crippen molar-refractivity contribution in [2.75, 3.05) is 0 Å². The van der Waals surface area contributed by atoms with E-state index < -0.39 is 35.9 Å². The second-order valence-corrected chi connectivity index (χ2v) is 8.18. The normalized spacial score (nSPS) is 18.7. The lowest BCUT2D eigenvalue weighted by atomic mass is 9.77. The van der Waals surface area contributed by atoms with Crippen LogP contribution in [0, 0.1) is 19.7 Å². The molecule has 0 spiro atoms. The maximum absolute atomic E-state index is 13.7. The molecular weight excluding hydrogens is 375 g/mol. The van der Waals surface area contributed by atoms with Crippen LogP contribution in [0.5, 0.6) is 0 Å². The zero-order valence-electron chi connectivity index (χ0n) is 16.7. The molecule has 1 aromatic carbocycles. The Kier molecular flexibility index (Phi) is 4.91. The molecule has 0 radical (unpaired) electrons. The second kappa shape index (κ2) is 6.59. The van der Waals surface area contributed by atoms with E-state index in [9.17, 15) is 17.6 Å². The van der Waals surface area contributed by atoms with E-state index in [4.69, 9.17) is 9.31 Å². The fourth-order valence-electron chi connectivity index (χ4n) is 3.25. The maximum atomic E-state index is 13.7. The summed E-state index contributed by atoms with van der Waals surface area (Å²) in [7, 11) is -0.628. The molecule has 4 nitrogen and oxygen atoms in total. The van der Waals surface area contributed by atoms with Crippen LogP contribution in [0.25, 0.3) is 0 Å². The molecule has 3 rings (SSSR count). The number of rotatable bonds is 3. The minimum absolute atomic E-state index is 0.00696. The molecule has 1 aliphatic rings. The Bertz CT molecular complexity index is 890. The summed E-state index contributed by atoms with van der Waals surface area (Å²) in [6.45, 7) is 11.3. The molecule has 9 heteroatoms. The minimum atomic E-state index is -4.61. The predicted octanol–water partition coefficient (Wildman–Crippen LogP) is 4.01. The van der Waals surface area contributed by atoms with E-state index in [1.807, 2.05) is 27.7 Å². The van der Waals surface area contributed by atoms with E-state index >= 15 is 0 Å². The van der Waals surface area contributed by atoms with Crippen LogP contribution in [-0.4, -0.2) is 28.1 Å². The Hall–Kier alpha value is -1.87. The van der Waals surface area contributed by atoms with Gasteiger partial charge in [-0.25, -0.2) is 4.39 Å². The van der Waals surface area contributed by atoms with E-state index in [2.05, 4.69) is 5.10 Å². The van der Waals surface area contributed by atoms with Gasteiger partial charge in [-0.05, 0) is 65.3 Å². The highest BCUT2D eigenvalue weighted by atomic mass is 19.4. The lowest BCUT2D eigenvalue weighted by Crippen LogP contribution is -2.41. The van der Waals surface area contributed by atoms with Crippen LogP contribution in [0.2, 0.25) is 0 Å². The summed E-state index contributed by atoms with van der Waals surface area (Å²) in [4.78, 5) is 0. The fourth-order valence-corrected chi connectivity index (χ4v) is 3.25. The molecule has 0 aliphatic carbocycles. The number of hydrogen-bond acceptors (Lipinski definition) is 3. The summed E-state index contributed by atoms with van der Waals surface area (Å²) in [5.74, 6) is -0.933. The number of aryl methyl sites for hydroxylation is 1. The van der Waals surface area contributed by atoms with Crippen molar-refractivity contribution in [1.82, 2.24) is 9.78 Å². The highest BCUT2D eigenvalue weighted by Gasteiger charge is 2.53. The fraction of sp³-hybridized carbons (Fsp3) is 0.526. The van der Waals surface area contributed by atoms with Gasteiger partial charge in [-0.3, -0.25) is 4.68 Å². The van der Waals surface area contributed by atoms with Gasteiger partial charge in [0.25, 0.3) is 0 Å². The van der Waals surface area contributed by atoms with E-state index in [0.717, 1.165) is 17.6 Å². The summed E-state index contributed by atoms with van der Waals surface area (Å²) < 4.78 is 66.3. The summed E-state index contributed by atoms with van der Waals surface area (Å²) >= 11 is 0. The molecule has 1 aromatic heterocycles. The Labute approximate surface area is 162 Å². The molecule has 1 saturated heterocycles. The van der Waals surface area contributed by atoms with Crippen molar-refractivity contribution in [3.8, 4) is 0 Å². The lowest BCUT2D eigenvalue weighted by molar-refractivity contribution is -0.137. The van der Waals surface area contributed by atoms with Gasteiger partial charge in [0.2, 0.25) is 0 Å². The number of nitrogens with zero attached hydrogens (tertiary/aromatic N) is 2. The van der Waals surface area contributed by atoms with Gasteiger partial charge in [0.05, 0.1) is 29.0 Å². The molecule has 1 aliphatic heterocycles. The van der Waals surface area contributed by atoms with Crippen LogP contribution in [-0.2, 0) is 22.0 Å². The third kappa shape index (κ3) is 3.69. The Balaban J connectivity index is 1.93. The SMILES string of the molecule is Cc1nn(Cc2cc(F)cc(C(F)(F)F)c2)c(C)c1B1OC(C)(C)C(C)(C)O1. The first-order valence-corrected chi connectivity index (χ1v) is 8.97. The first-order valence-electron chi connectivity index (χ1n) is 8.97. The third-order valence-corrected chi connectivity index (χ3v) is 5.54. The molecule has 2 heterocycles. The Morgan fingerprint density at radius 1 is 1.04 bits per heavy atom. The third-order valence-electron chi connectivity index (χ3n) is 5.54. The van der Waals surface area contributed by atoms with Gasteiger partial charge in [-0.15, -0.1) is 0 Å². The van der Waals surface area contributed by atoms with Crippen molar-refractivity contribution in [2.24, 2.45) is 0 Å². The topological polar surface area (TPSA) is 36.3 Å². The average molecular weight is 398 g/mol. The number of aromatic nitrogens is 2. The monoisotopic (exact) mass is 398 g/mol. The first-order chi connectivity index (χ1) is 12.7. The van der Waals surface area contributed by atoms with Crippen molar-refractivity contribution >= 4 is 12.6 Å². The molecule has 0 atom stereocenters. The number of alkyl halides is 3. The van der Waals surface area contributed by atoms with E-state index in [-0.39, 0.29) is 12.1 Å².